The average Bonchev–Trinajstić information content (AvgIpc) is 2.18. The summed E-state index contributed by atoms with van der Waals surface area (Å²) in [5, 5.41) is 9.02. The van der Waals surface area contributed by atoms with Gasteiger partial charge < -0.3 is 10.0 Å². The summed E-state index contributed by atoms with van der Waals surface area (Å²) in [4.78, 5) is 12.8. The fourth-order valence-corrected chi connectivity index (χ4v) is 1.61. The van der Waals surface area contributed by atoms with Crippen LogP contribution in [0.1, 0.15) is 11.5 Å². The van der Waals surface area contributed by atoms with Gasteiger partial charge in [-0.1, -0.05) is 17.7 Å². The predicted molar refractivity (Wildman–Crippen MR) is 60.3 cm³/mol. The van der Waals surface area contributed by atoms with Crippen LogP contribution in [0, 0.1) is 5.82 Å². The van der Waals surface area contributed by atoms with Crippen molar-refractivity contribution in [3.63, 3.8) is 0 Å². The number of rotatable bonds is 4. The highest BCUT2D eigenvalue weighted by Crippen LogP contribution is 2.23. The van der Waals surface area contributed by atoms with Gasteiger partial charge in [-0.05, 0) is 31.8 Å². The lowest BCUT2D eigenvalue weighted by molar-refractivity contribution is -0.139. The van der Waals surface area contributed by atoms with E-state index in [2.05, 4.69) is 0 Å². The van der Waals surface area contributed by atoms with Crippen molar-refractivity contribution in [3.8, 4) is 0 Å². The monoisotopic (exact) mass is 245 g/mol. The number of halogens is 2. The third kappa shape index (κ3) is 3.18. The van der Waals surface area contributed by atoms with Crippen molar-refractivity contribution in [2.24, 2.45) is 0 Å². The Morgan fingerprint density at radius 2 is 2.19 bits per heavy atom. The Bertz CT molecular complexity index is 396. The number of hydrogen-bond donors (Lipinski definition) is 1. The van der Waals surface area contributed by atoms with E-state index in [-0.39, 0.29) is 5.02 Å². The van der Waals surface area contributed by atoms with Gasteiger partial charge in [0.15, 0.2) is 0 Å². The Labute approximate surface area is 98.4 Å². The van der Waals surface area contributed by atoms with E-state index < -0.39 is 17.7 Å². The van der Waals surface area contributed by atoms with Crippen LogP contribution in [0.2, 0.25) is 5.02 Å². The van der Waals surface area contributed by atoms with E-state index in [1.807, 2.05) is 0 Å². The third-order valence-corrected chi connectivity index (χ3v) is 2.48. The smallest absolute Gasteiger partial charge is 0.312 e. The second kappa shape index (κ2) is 5.27. The van der Waals surface area contributed by atoms with Crippen LogP contribution in [0.15, 0.2) is 18.2 Å². The number of aliphatic carboxylic acids is 1. The summed E-state index contributed by atoms with van der Waals surface area (Å²) in [6.07, 6.45) is 0. The molecule has 0 radical (unpaired) electrons. The molecule has 0 aliphatic rings. The van der Waals surface area contributed by atoms with Crippen molar-refractivity contribution in [2.45, 2.75) is 5.92 Å². The van der Waals surface area contributed by atoms with Gasteiger partial charge in [0.05, 0.1) is 10.9 Å². The molecule has 1 atom stereocenters. The minimum Gasteiger partial charge on any atom is -0.481 e. The van der Waals surface area contributed by atoms with Crippen molar-refractivity contribution in [1.29, 1.82) is 0 Å². The molecule has 1 aromatic carbocycles. The zero-order valence-electron chi connectivity index (χ0n) is 9.08. The summed E-state index contributed by atoms with van der Waals surface area (Å²) in [5.41, 5.74) is 0.507. The molecule has 0 aromatic heterocycles. The maximum absolute atomic E-state index is 12.9. The highest BCUT2D eigenvalue weighted by Gasteiger charge is 2.21. The van der Waals surface area contributed by atoms with Crippen molar-refractivity contribution in [2.75, 3.05) is 20.6 Å². The van der Waals surface area contributed by atoms with E-state index in [1.54, 1.807) is 19.0 Å². The van der Waals surface area contributed by atoms with E-state index in [9.17, 15) is 9.18 Å². The lowest BCUT2D eigenvalue weighted by Crippen LogP contribution is -2.26. The molecule has 0 saturated heterocycles. The summed E-state index contributed by atoms with van der Waals surface area (Å²) in [6.45, 7) is 0.345. The van der Waals surface area contributed by atoms with Crippen LogP contribution in [0.5, 0.6) is 0 Å². The Kier molecular flexibility index (Phi) is 4.26. The molecule has 1 N–H and O–H groups in total. The first-order chi connectivity index (χ1) is 7.41. The molecule has 1 aromatic rings. The summed E-state index contributed by atoms with van der Waals surface area (Å²) in [6, 6.07) is 3.99. The SMILES string of the molecule is CN(C)CC(C(=O)O)c1ccc(F)c(Cl)c1. The number of carboxylic acids is 1. The average molecular weight is 246 g/mol. The number of likely N-dealkylation sites (N-methyl/N-ethyl adjacent to an activating group) is 1. The number of nitrogens with zero attached hydrogens (tertiary/aromatic N) is 1. The topological polar surface area (TPSA) is 40.5 Å². The van der Waals surface area contributed by atoms with Crippen LogP contribution < -0.4 is 0 Å². The van der Waals surface area contributed by atoms with Gasteiger partial charge in [-0.15, -0.1) is 0 Å². The van der Waals surface area contributed by atoms with E-state index in [1.165, 1.54) is 18.2 Å². The normalized spacial score (nSPS) is 12.8. The molecular formula is C11H13ClFNO2. The van der Waals surface area contributed by atoms with Gasteiger partial charge in [-0.3, -0.25) is 4.79 Å². The van der Waals surface area contributed by atoms with E-state index in [0.717, 1.165) is 0 Å². The molecule has 1 rings (SSSR count). The van der Waals surface area contributed by atoms with Gasteiger partial charge >= 0.3 is 5.97 Å². The highest BCUT2D eigenvalue weighted by molar-refractivity contribution is 6.30. The fourth-order valence-electron chi connectivity index (χ4n) is 1.42. The molecule has 0 aliphatic carbocycles. The summed E-state index contributed by atoms with van der Waals surface area (Å²) < 4.78 is 12.9. The summed E-state index contributed by atoms with van der Waals surface area (Å²) in [7, 11) is 3.56. The molecule has 5 heteroatoms. The third-order valence-electron chi connectivity index (χ3n) is 2.19. The largest absolute Gasteiger partial charge is 0.481 e. The first kappa shape index (κ1) is 12.9. The highest BCUT2D eigenvalue weighted by atomic mass is 35.5. The second-order valence-electron chi connectivity index (χ2n) is 3.83. The molecule has 0 bridgehead atoms. The van der Waals surface area contributed by atoms with E-state index >= 15 is 0 Å². The number of hydrogen-bond acceptors (Lipinski definition) is 2. The van der Waals surface area contributed by atoms with Crippen LogP contribution in [0.3, 0.4) is 0 Å². The molecule has 3 nitrogen and oxygen atoms in total. The molecule has 0 spiro atoms. The molecule has 0 saturated carbocycles. The molecule has 0 aliphatic heterocycles. The first-order valence-corrected chi connectivity index (χ1v) is 5.12. The standard InChI is InChI=1S/C11H13ClFNO2/c1-14(2)6-8(11(15)16)7-3-4-10(13)9(12)5-7/h3-5,8H,6H2,1-2H3,(H,15,16). The lowest BCUT2D eigenvalue weighted by atomic mass is 9.99. The van der Waals surface area contributed by atoms with Gasteiger partial charge in [-0.2, -0.15) is 0 Å². The Morgan fingerprint density at radius 3 is 2.62 bits per heavy atom. The van der Waals surface area contributed by atoms with Crippen LogP contribution in [-0.2, 0) is 4.79 Å². The molecular weight excluding hydrogens is 233 g/mol. The number of benzene rings is 1. The van der Waals surface area contributed by atoms with Crippen molar-refractivity contribution in [3.05, 3.63) is 34.6 Å². The quantitative estimate of drug-likeness (QED) is 0.884. The van der Waals surface area contributed by atoms with E-state index in [4.69, 9.17) is 16.7 Å². The summed E-state index contributed by atoms with van der Waals surface area (Å²) in [5.74, 6) is -2.19. The van der Waals surface area contributed by atoms with Crippen molar-refractivity contribution in [1.82, 2.24) is 4.90 Å². The molecule has 0 amide bonds. The zero-order chi connectivity index (χ0) is 12.3. The maximum Gasteiger partial charge on any atom is 0.312 e. The van der Waals surface area contributed by atoms with Gasteiger partial charge in [0, 0.05) is 6.54 Å². The molecule has 1 unspecified atom stereocenters. The van der Waals surface area contributed by atoms with Gasteiger partial charge in [-0.25, -0.2) is 4.39 Å². The molecule has 16 heavy (non-hydrogen) atoms. The van der Waals surface area contributed by atoms with Gasteiger partial charge in [0.1, 0.15) is 5.82 Å². The minimum atomic E-state index is -0.948. The molecule has 88 valence electrons. The van der Waals surface area contributed by atoms with Gasteiger partial charge in [0.2, 0.25) is 0 Å². The Balaban J connectivity index is 3.01. The lowest BCUT2D eigenvalue weighted by Gasteiger charge is -2.17. The van der Waals surface area contributed by atoms with Crippen molar-refractivity contribution >= 4 is 17.6 Å². The van der Waals surface area contributed by atoms with Crippen molar-refractivity contribution < 1.29 is 14.3 Å². The number of carboxylic acid groups (broad SMARTS) is 1. The Hall–Kier alpha value is -1.13. The zero-order valence-corrected chi connectivity index (χ0v) is 9.83. The molecule has 0 fully saturated rings. The summed E-state index contributed by atoms with van der Waals surface area (Å²) >= 11 is 5.62. The molecule has 0 heterocycles. The van der Waals surface area contributed by atoms with E-state index in [0.29, 0.717) is 12.1 Å². The second-order valence-corrected chi connectivity index (χ2v) is 4.23. The fraction of sp³-hybridized carbons (Fsp3) is 0.364. The predicted octanol–water partition coefficient (Wildman–Crippen LogP) is 2.21. The Morgan fingerprint density at radius 1 is 1.56 bits per heavy atom. The number of carbonyl (C=O) groups is 1. The first-order valence-electron chi connectivity index (χ1n) is 4.74. The van der Waals surface area contributed by atoms with Crippen LogP contribution >= 0.6 is 11.6 Å². The van der Waals surface area contributed by atoms with Crippen LogP contribution in [0.25, 0.3) is 0 Å². The van der Waals surface area contributed by atoms with Gasteiger partial charge in [0.25, 0.3) is 0 Å². The van der Waals surface area contributed by atoms with Crippen LogP contribution in [0.4, 0.5) is 4.39 Å². The van der Waals surface area contributed by atoms with Crippen LogP contribution in [-0.4, -0.2) is 36.6 Å². The minimum absolute atomic E-state index is 0.0532. The maximum atomic E-state index is 12.9.